The summed E-state index contributed by atoms with van der Waals surface area (Å²) < 4.78 is 0. The molecule has 3 aromatic rings. The van der Waals surface area contributed by atoms with Gasteiger partial charge in [0.05, 0.1) is 0 Å². The smallest absolute Gasteiger partial charge is 0.220 e. The first kappa shape index (κ1) is 16.5. The van der Waals surface area contributed by atoms with E-state index in [0.717, 1.165) is 12.0 Å². The van der Waals surface area contributed by atoms with Gasteiger partial charge in [-0.3, -0.25) is 4.79 Å². The van der Waals surface area contributed by atoms with Crippen molar-refractivity contribution in [1.29, 1.82) is 0 Å². The number of rotatable bonds is 6. The Kier molecular flexibility index (Phi) is 5.44. The largest absolute Gasteiger partial charge is 0.352 e. The maximum absolute atomic E-state index is 12.2. The first-order chi connectivity index (χ1) is 11.7. The molecule has 24 heavy (non-hydrogen) atoms. The number of nitrogens with one attached hydrogen (secondary N) is 1. The minimum atomic E-state index is 0.0957. The molecular weight excluding hydrogens is 314 g/mol. The van der Waals surface area contributed by atoms with Crippen molar-refractivity contribution < 1.29 is 4.79 Å². The lowest BCUT2D eigenvalue weighted by Crippen LogP contribution is -2.23. The molecule has 0 radical (unpaired) electrons. The molecule has 0 aliphatic heterocycles. The molecule has 122 valence electrons. The summed E-state index contributed by atoms with van der Waals surface area (Å²) in [5.41, 5.74) is 6.04. The Labute approximate surface area is 147 Å². The SMILES string of the molecule is Cc1ccccc1CCC(=O)NCc1ccccc1-c1ccsc1. The second kappa shape index (κ2) is 7.93. The molecule has 0 aliphatic carbocycles. The van der Waals surface area contributed by atoms with Gasteiger partial charge in [-0.1, -0.05) is 48.5 Å². The van der Waals surface area contributed by atoms with Crippen molar-refractivity contribution >= 4 is 17.2 Å². The normalized spacial score (nSPS) is 10.5. The molecule has 2 aromatic carbocycles. The highest BCUT2D eigenvalue weighted by molar-refractivity contribution is 7.08. The van der Waals surface area contributed by atoms with Crippen LogP contribution >= 0.6 is 11.3 Å². The Bertz CT molecular complexity index is 808. The molecule has 3 heteroatoms. The molecular formula is C21H21NOS. The van der Waals surface area contributed by atoms with Crippen LogP contribution in [-0.2, 0) is 17.8 Å². The van der Waals surface area contributed by atoms with E-state index in [1.807, 2.05) is 24.3 Å². The van der Waals surface area contributed by atoms with Crippen LogP contribution in [-0.4, -0.2) is 5.91 Å². The zero-order valence-corrected chi connectivity index (χ0v) is 14.6. The predicted octanol–water partition coefficient (Wildman–Crippen LogP) is 4.97. The fraction of sp³-hybridized carbons (Fsp3) is 0.190. The van der Waals surface area contributed by atoms with Crippen LogP contribution in [0.2, 0.25) is 0 Å². The van der Waals surface area contributed by atoms with Gasteiger partial charge in [-0.15, -0.1) is 0 Å². The Morgan fingerprint density at radius 2 is 1.75 bits per heavy atom. The van der Waals surface area contributed by atoms with Crippen molar-refractivity contribution in [1.82, 2.24) is 5.32 Å². The molecule has 0 saturated heterocycles. The summed E-state index contributed by atoms with van der Waals surface area (Å²) >= 11 is 1.69. The van der Waals surface area contributed by atoms with Crippen LogP contribution in [0.3, 0.4) is 0 Å². The van der Waals surface area contributed by atoms with Crippen LogP contribution in [0.4, 0.5) is 0 Å². The van der Waals surface area contributed by atoms with Gasteiger partial charge in [0.15, 0.2) is 0 Å². The molecule has 3 rings (SSSR count). The molecule has 0 unspecified atom stereocenters. The summed E-state index contributed by atoms with van der Waals surface area (Å²) in [4.78, 5) is 12.2. The van der Waals surface area contributed by atoms with Crippen molar-refractivity contribution in [2.75, 3.05) is 0 Å². The highest BCUT2D eigenvalue weighted by atomic mass is 32.1. The van der Waals surface area contributed by atoms with E-state index in [9.17, 15) is 4.79 Å². The molecule has 0 spiro atoms. The number of hydrogen-bond donors (Lipinski definition) is 1. The molecule has 1 aromatic heterocycles. The van der Waals surface area contributed by atoms with E-state index in [1.165, 1.54) is 22.3 Å². The lowest BCUT2D eigenvalue weighted by Gasteiger charge is -2.10. The predicted molar refractivity (Wildman–Crippen MR) is 101 cm³/mol. The molecule has 1 N–H and O–H groups in total. The average Bonchev–Trinajstić information content (AvgIpc) is 3.14. The molecule has 0 fully saturated rings. The Balaban J connectivity index is 1.58. The first-order valence-corrected chi connectivity index (χ1v) is 9.10. The van der Waals surface area contributed by atoms with Gasteiger partial charge >= 0.3 is 0 Å². The summed E-state index contributed by atoms with van der Waals surface area (Å²) in [5, 5.41) is 7.27. The number of hydrogen-bond acceptors (Lipinski definition) is 2. The van der Waals surface area contributed by atoms with Crippen molar-refractivity contribution in [3.8, 4) is 11.1 Å². The number of benzene rings is 2. The van der Waals surface area contributed by atoms with Crippen LogP contribution in [0.15, 0.2) is 65.4 Å². The lowest BCUT2D eigenvalue weighted by molar-refractivity contribution is -0.121. The van der Waals surface area contributed by atoms with Gasteiger partial charge in [-0.2, -0.15) is 11.3 Å². The van der Waals surface area contributed by atoms with E-state index in [4.69, 9.17) is 0 Å². The zero-order valence-electron chi connectivity index (χ0n) is 13.8. The van der Waals surface area contributed by atoms with Crippen LogP contribution < -0.4 is 5.32 Å². The Morgan fingerprint density at radius 1 is 1.00 bits per heavy atom. The van der Waals surface area contributed by atoms with Crippen LogP contribution in [0.25, 0.3) is 11.1 Å². The van der Waals surface area contributed by atoms with Gasteiger partial charge in [0.25, 0.3) is 0 Å². The second-order valence-electron chi connectivity index (χ2n) is 5.87. The van der Waals surface area contributed by atoms with Gasteiger partial charge in [0, 0.05) is 13.0 Å². The molecule has 2 nitrogen and oxygen atoms in total. The van der Waals surface area contributed by atoms with E-state index in [-0.39, 0.29) is 5.91 Å². The molecule has 1 heterocycles. The van der Waals surface area contributed by atoms with E-state index < -0.39 is 0 Å². The molecule has 0 aliphatic rings. The quantitative estimate of drug-likeness (QED) is 0.677. The number of amides is 1. The fourth-order valence-corrected chi connectivity index (χ4v) is 3.45. The number of aryl methyl sites for hydroxylation is 2. The van der Waals surface area contributed by atoms with Crippen LogP contribution in [0, 0.1) is 6.92 Å². The van der Waals surface area contributed by atoms with Crippen molar-refractivity contribution in [3.63, 3.8) is 0 Å². The summed E-state index contributed by atoms with van der Waals surface area (Å²) in [6.07, 6.45) is 1.30. The number of carbonyl (C=O) groups excluding carboxylic acids is 1. The minimum absolute atomic E-state index is 0.0957. The maximum atomic E-state index is 12.2. The molecule has 0 saturated carbocycles. The first-order valence-electron chi connectivity index (χ1n) is 8.16. The van der Waals surface area contributed by atoms with E-state index >= 15 is 0 Å². The zero-order chi connectivity index (χ0) is 16.8. The number of thiophene rings is 1. The fourth-order valence-electron chi connectivity index (χ4n) is 2.79. The molecule has 0 atom stereocenters. The monoisotopic (exact) mass is 335 g/mol. The Hall–Kier alpha value is -2.39. The van der Waals surface area contributed by atoms with E-state index in [0.29, 0.717) is 13.0 Å². The number of carbonyl (C=O) groups is 1. The third-order valence-corrected chi connectivity index (χ3v) is 4.89. The molecule has 1 amide bonds. The van der Waals surface area contributed by atoms with Crippen molar-refractivity contribution in [3.05, 3.63) is 82.0 Å². The van der Waals surface area contributed by atoms with Crippen LogP contribution in [0.5, 0.6) is 0 Å². The van der Waals surface area contributed by atoms with Gasteiger partial charge in [0.1, 0.15) is 0 Å². The summed E-state index contributed by atoms with van der Waals surface area (Å²) in [6.45, 7) is 2.66. The van der Waals surface area contributed by atoms with Gasteiger partial charge in [-0.05, 0) is 58.0 Å². The van der Waals surface area contributed by atoms with Crippen molar-refractivity contribution in [2.24, 2.45) is 0 Å². The maximum Gasteiger partial charge on any atom is 0.220 e. The third kappa shape index (κ3) is 4.12. The second-order valence-corrected chi connectivity index (χ2v) is 6.65. The summed E-state index contributed by atoms with van der Waals surface area (Å²) in [5.74, 6) is 0.0957. The highest BCUT2D eigenvalue weighted by Crippen LogP contribution is 2.25. The highest BCUT2D eigenvalue weighted by Gasteiger charge is 2.08. The standard InChI is InChI=1S/C21H21NOS/c1-16-6-2-3-7-17(16)10-11-21(23)22-14-18-8-4-5-9-20(18)19-12-13-24-15-19/h2-9,12-13,15H,10-11,14H2,1H3,(H,22,23). The van der Waals surface area contributed by atoms with Gasteiger partial charge in [-0.25, -0.2) is 0 Å². The third-order valence-electron chi connectivity index (χ3n) is 4.21. The topological polar surface area (TPSA) is 29.1 Å². The molecule has 0 bridgehead atoms. The van der Waals surface area contributed by atoms with E-state index in [1.54, 1.807) is 11.3 Å². The summed E-state index contributed by atoms with van der Waals surface area (Å²) in [7, 11) is 0. The van der Waals surface area contributed by atoms with E-state index in [2.05, 4.69) is 53.3 Å². The minimum Gasteiger partial charge on any atom is -0.352 e. The lowest BCUT2D eigenvalue weighted by atomic mass is 10.0. The van der Waals surface area contributed by atoms with Crippen molar-refractivity contribution in [2.45, 2.75) is 26.3 Å². The average molecular weight is 335 g/mol. The van der Waals surface area contributed by atoms with Gasteiger partial charge in [0.2, 0.25) is 5.91 Å². The Morgan fingerprint density at radius 3 is 2.50 bits per heavy atom. The van der Waals surface area contributed by atoms with Gasteiger partial charge < -0.3 is 5.32 Å². The van der Waals surface area contributed by atoms with Crippen LogP contribution in [0.1, 0.15) is 23.1 Å². The summed E-state index contributed by atoms with van der Waals surface area (Å²) in [6, 6.07) is 18.6.